The van der Waals surface area contributed by atoms with Crippen molar-refractivity contribution in [1.29, 1.82) is 0 Å². The molecule has 10 rings (SSSR count). The van der Waals surface area contributed by atoms with Gasteiger partial charge in [-0.25, -0.2) is 9.97 Å². The van der Waals surface area contributed by atoms with E-state index in [0.717, 1.165) is 50.1 Å². The van der Waals surface area contributed by atoms with E-state index in [1.54, 1.807) is 0 Å². The van der Waals surface area contributed by atoms with Gasteiger partial charge in [0.2, 0.25) is 0 Å². The van der Waals surface area contributed by atoms with Crippen LogP contribution in [0.1, 0.15) is 0 Å². The lowest BCUT2D eigenvalue weighted by atomic mass is 9.98. The van der Waals surface area contributed by atoms with E-state index in [9.17, 15) is 0 Å². The van der Waals surface area contributed by atoms with Crippen molar-refractivity contribution >= 4 is 54.0 Å². The molecule has 8 aromatic carbocycles. The minimum Gasteiger partial charge on any atom is -0.256 e. The monoisotopic (exact) mass is 635 g/mol. The first kappa shape index (κ1) is 28.3. The van der Waals surface area contributed by atoms with E-state index >= 15 is 0 Å². The SMILES string of the molecule is c1ccc2cc3cc(-c4cc(-c5ccc6cc7ccccc7cc6c5)nc(-c5ccc(-c6ccc7ncccc7c6)cc5)n4)ccc3cc2c1. The van der Waals surface area contributed by atoms with Gasteiger partial charge >= 0.3 is 0 Å². The molecule has 0 saturated carbocycles. The molecule has 0 spiro atoms. The molecule has 0 bridgehead atoms. The van der Waals surface area contributed by atoms with Gasteiger partial charge in [0.05, 0.1) is 16.9 Å². The van der Waals surface area contributed by atoms with Gasteiger partial charge in [-0.2, -0.15) is 0 Å². The Morgan fingerprint density at radius 2 is 0.720 bits per heavy atom. The standard InChI is InChI=1S/C47H29N3/c1-3-8-34-25-42-27-40(17-15-37(42)22-32(34)6-1)45-29-46(41-18-16-38-23-33-7-2-4-9-35(33)26-43(38)28-41)50-47(49-45)31-13-11-30(12-14-31)36-19-20-44-39(24-36)10-5-21-48-44/h1-29H. The van der Waals surface area contributed by atoms with Crippen LogP contribution < -0.4 is 0 Å². The molecule has 0 saturated heterocycles. The van der Waals surface area contributed by atoms with Gasteiger partial charge in [-0.15, -0.1) is 0 Å². The quantitative estimate of drug-likeness (QED) is 0.181. The average Bonchev–Trinajstić information content (AvgIpc) is 3.18. The topological polar surface area (TPSA) is 38.7 Å². The minimum absolute atomic E-state index is 0.698. The third-order valence-corrected chi connectivity index (χ3v) is 9.81. The van der Waals surface area contributed by atoms with Crippen LogP contribution in [0.15, 0.2) is 176 Å². The lowest BCUT2D eigenvalue weighted by Crippen LogP contribution is -1.96. The van der Waals surface area contributed by atoms with Gasteiger partial charge in [-0.3, -0.25) is 4.98 Å². The second-order valence-corrected chi connectivity index (χ2v) is 13.0. The van der Waals surface area contributed by atoms with E-state index in [-0.39, 0.29) is 0 Å². The van der Waals surface area contributed by atoms with Crippen molar-refractivity contribution in [3.05, 3.63) is 176 Å². The first-order valence-corrected chi connectivity index (χ1v) is 16.9. The van der Waals surface area contributed by atoms with E-state index in [1.165, 1.54) is 43.1 Å². The number of rotatable bonds is 4. The molecule has 0 aliphatic heterocycles. The average molecular weight is 636 g/mol. The summed E-state index contributed by atoms with van der Waals surface area (Å²) in [7, 11) is 0. The van der Waals surface area contributed by atoms with E-state index < -0.39 is 0 Å². The van der Waals surface area contributed by atoms with Crippen molar-refractivity contribution in [1.82, 2.24) is 15.0 Å². The summed E-state index contributed by atoms with van der Waals surface area (Å²) in [5.41, 5.74) is 8.16. The molecule has 0 aliphatic rings. The fourth-order valence-electron chi connectivity index (χ4n) is 7.14. The van der Waals surface area contributed by atoms with Crippen molar-refractivity contribution in [2.24, 2.45) is 0 Å². The van der Waals surface area contributed by atoms with Gasteiger partial charge in [0, 0.05) is 28.3 Å². The van der Waals surface area contributed by atoms with Crippen LogP contribution in [0, 0.1) is 0 Å². The zero-order valence-corrected chi connectivity index (χ0v) is 27.1. The number of hydrogen-bond acceptors (Lipinski definition) is 3. The first-order chi connectivity index (χ1) is 24.7. The van der Waals surface area contributed by atoms with Gasteiger partial charge in [0.1, 0.15) is 0 Å². The zero-order chi connectivity index (χ0) is 33.0. The normalized spacial score (nSPS) is 11.6. The molecule has 0 atom stereocenters. The van der Waals surface area contributed by atoms with Crippen molar-refractivity contribution in [2.45, 2.75) is 0 Å². The highest BCUT2D eigenvalue weighted by molar-refractivity contribution is 6.01. The summed E-state index contributed by atoms with van der Waals surface area (Å²) in [6.07, 6.45) is 1.83. The van der Waals surface area contributed by atoms with Gasteiger partial charge in [-0.1, -0.05) is 109 Å². The van der Waals surface area contributed by atoms with Crippen LogP contribution in [0.5, 0.6) is 0 Å². The fraction of sp³-hybridized carbons (Fsp3) is 0. The van der Waals surface area contributed by atoms with Crippen LogP contribution in [-0.2, 0) is 0 Å². The third-order valence-electron chi connectivity index (χ3n) is 9.81. The zero-order valence-electron chi connectivity index (χ0n) is 27.1. The van der Waals surface area contributed by atoms with Crippen molar-refractivity contribution < 1.29 is 0 Å². The van der Waals surface area contributed by atoms with Gasteiger partial charge in [-0.05, 0) is 115 Å². The molecule has 0 N–H and O–H groups in total. The number of benzene rings is 8. The second-order valence-electron chi connectivity index (χ2n) is 13.0. The smallest absolute Gasteiger partial charge is 0.160 e. The highest BCUT2D eigenvalue weighted by atomic mass is 14.9. The summed E-state index contributed by atoms with van der Waals surface area (Å²) in [6, 6.07) is 60.6. The largest absolute Gasteiger partial charge is 0.256 e. The maximum atomic E-state index is 5.20. The molecule has 232 valence electrons. The van der Waals surface area contributed by atoms with Gasteiger partial charge < -0.3 is 0 Å². The molecule has 0 aliphatic carbocycles. The van der Waals surface area contributed by atoms with Crippen LogP contribution >= 0.6 is 0 Å². The summed E-state index contributed by atoms with van der Waals surface area (Å²) in [4.78, 5) is 14.9. The van der Waals surface area contributed by atoms with Crippen LogP contribution in [0.2, 0.25) is 0 Å². The first-order valence-electron chi connectivity index (χ1n) is 16.9. The Bertz CT molecular complexity index is 2790. The minimum atomic E-state index is 0.698. The predicted molar refractivity (Wildman–Crippen MR) is 209 cm³/mol. The van der Waals surface area contributed by atoms with Crippen molar-refractivity contribution in [3.8, 4) is 45.0 Å². The Morgan fingerprint density at radius 1 is 0.280 bits per heavy atom. The molecular formula is C47H29N3. The fourth-order valence-corrected chi connectivity index (χ4v) is 7.14. The Labute approximate surface area is 289 Å². The Hall–Kier alpha value is -6.71. The Balaban J connectivity index is 1.11. The number of fused-ring (bicyclic) bond motifs is 5. The molecule has 0 fully saturated rings. The molecule has 50 heavy (non-hydrogen) atoms. The molecule has 0 amide bonds. The van der Waals surface area contributed by atoms with Gasteiger partial charge in [0.15, 0.2) is 5.82 Å². The molecule has 0 radical (unpaired) electrons. The third kappa shape index (κ3) is 5.04. The molecule has 0 unspecified atom stereocenters. The van der Waals surface area contributed by atoms with E-state index in [4.69, 9.17) is 9.97 Å². The summed E-state index contributed by atoms with van der Waals surface area (Å²) in [6.45, 7) is 0. The maximum Gasteiger partial charge on any atom is 0.160 e. The van der Waals surface area contributed by atoms with E-state index in [2.05, 4.69) is 169 Å². The number of hydrogen-bond donors (Lipinski definition) is 0. The Morgan fingerprint density at radius 3 is 1.30 bits per heavy atom. The van der Waals surface area contributed by atoms with Crippen molar-refractivity contribution in [3.63, 3.8) is 0 Å². The summed E-state index contributed by atoms with van der Waals surface area (Å²) < 4.78 is 0. The molecular weight excluding hydrogens is 607 g/mol. The molecule has 2 aromatic heterocycles. The lowest BCUT2D eigenvalue weighted by Gasteiger charge is -2.12. The van der Waals surface area contributed by atoms with Crippen LogP contribution in [-0.4, -0.2) is 15.0 Å². The van der Waals surface area contributed by atoms with Crippen LogP contribution in [0.25, 0.3) is 99.0 Å². The highest BCUT2D eigenvalue weighted by Gasteiger charge is 2.13. The highest BCUT2D eigenvalue weighted by Crippen LogP contribution is 2.34. The maximum absolute atomic E-state index is 5.20. The van der Waals surface area contributed by atoms with E-state index in [1.807, 2.05) is 12.3 Å². The van der Waals surface area contributed by atoms with Gasteiger partial charge in [0.25, 0.3) is 0 Å². The molecule has 3 nitrogen and oxygen atoms in total. The van der Waals surface area contributed by atoms with E-state index in [0.29, 0.717) is 5.82 Å². The lowest BCUT2D eigenvalue weighted by molar-refractivity contribution is 1.18. The summed E-state index contributed by atoms with van der Waals surface area (Å²) in [5.74, 6) is 0.698. The summed E-state index contributed by atoms with van der Waals surface area (Å²) in [5, 5.41) is 10.9. The summed E-state index contributed by atoms with van der Waals surface area (Å²) >= 11 is 0. The predicted octanol–water partition coefficient (Wildman–Crippen LogP) is 12.3. The molecule has 2 heterocycles. The number of nitrogens with zero attached hydrogens (tertiary/aromatic N) is 3. The van der Waals surface area contributed by atoms with Crippen molar-refractivity contribution in [2.75, 3.05) is 0 Å². The Kier molecular flexibility index (Phi) is 6.49. The number of aromatic nitrogens is 3. The second kappa shape index (κ2) is 11.5. The number of pyridine rings is 1. The van der Waals surface area contributed by atoms with Crippen LogP contribution in [0.4, 0.5) is 0 Å². The molecule has 10 aromatic rings. The molecule has 3 heteroatoms. The van der Waals surface area contributed by atoms with Crippen LogP contribution in [0.3, 0.4) is 0 Å².